The summed E-state index contributed by atoms with van der Waals surface area (Å²) in [5.74, 6) is 1.01. The molecule has 0 aromatic heterocycles. The first-order valence-corrected chi connectivity index (χ1v) is 7.81. The van der Waals surface area contributed by atoms with Crippen LogP contribution in [0.4, 0.5) is 0 Å². The first kappa shape index (κ1) is 14.3. The number of nitrogens with one attached hydrogen (secondary N) is 2. The molecule has 2 N–H and O–H groups in total. The van der Waals surface area contributed by atoms with Crippen molar-refractivity contribution in [2.75, 3.05) is 0 Å². The van der Waals surface area contributed by atoms with Crippen molar-refractivity contribution in [1.29, 1.82) is 0 Å². The molecule has 0 spiro atoms. The van der Waals surface area contributed by atoms with Gasteiger partial charge in [0.15, 0.2) is 0 Å². The van der Waals surface area contributed by atoms with E-state index in [1.54, 1.807) is 0 Å². The van der Waals surface area contributed by atoms with Crippen molar-refractivity contribution in [3.63, 3.8) is 0 Å². The topological polar surface area (TPSA) is 24.1 Å². The number of piperidine rings is 1. The molecule has 18 heavy (non-hydrogen) atoms. The number of hydrogen-bond acceptors (Lipinski definition) is 2. The van der Waals surface area contributed by atoms with Crippen LogP contribution in [0.1, 0.15) is 73.1 Å². The molecular formula is C16H32N2. The van der Waals surface area contributed by atoms with Gasteiger partial charge in [0.25, 0.3) is 0 Å². The summed E-state index contributed by atoms with van der Waals surface area (Å²) in [5, 5.41) is 7.65. The van der Waals surface area contributed by atoms with E-state index in [1.807, 2.05) is 0 Å². The van der Waals surface area contributed by atoms with Gasteiger partial charge in [-0.05, 0) is 59.8 Å². The largest absolute Gasteiger partial charge is 0.311 e. The third-order valence-corrected chi connectivity index (χ3v) is 4.62. The Kier molecular flexibility index (Phi) is 4.08. The lowest BCUT2D eigenvalue weighted by atomic mass is 9.78. The smallest absolute Gasteiger partial charge is 0.0144 e. The fourth-order valence-corrected chi connectivity index (χ4v) is 4.14. The number of rotatable bonds is 4. The lowest BCUT2D eigenvalue weighted by Gasteiger charge is -2.47. The van der Waals surface area contributed by atoms with Gasteiger partial charge in [-0.2, -0.15) is 0 Å². The van der Waals surface area contributed by atoms with Crippen LogP contribution in [0.3, 0.4) is 0 Å². The van der Waals surface area contributed by atoms with Gasteiger partial charge in [0.05, 0.1) is 0 Å². The van der Waals surface area contributed by atoms with E-state index in [4.69, 9.17) is 0 Å². The fraction of sp³-hybridized carbons (Fsp3) is 1.00. The Morgan fingerprint density at radius 2 is 1.67 bits per heavy atom. The normalized spacial score (nSPS) is 29.8. The summed E-state index contributed by atoms with van der Waals surface area (Å²) in [6.45, 7) is 11.7. The van der Waals surface area contributed by atoms with Gasteiger partial charge < -0.3 is 10.6 Å². The third-order valence-electron chi connectivity index (χ3n) is 4.62. The molecule has 2 heteroatoms. The summed E-state index contributed by atoms with van der Waals surface area (Å²) in [5.41, 5.74) is 0.519. The lowest BCUT2D eigenvalue weighted by Crippen LogP contribution is -2.62. The zero-order valence-electron chi connectivity index (χ0n) is 13.0. The van der Waals surface area contributed by atoms with E-state index in [-0.39, 0.29) is 11.1 Å². The molecule has 2 nitrogen and oxygen atoms in total. The van der Waals surface area contributed by atoms with E-state index >= 15 is 0 Å². The van der Waals surface area contributed by atoms with E-state index in [1.165, 1.54) is 38.5 Å². The molecule has 0 aromatic rings. The summed E-state index contributed by atoms with van der Waals surface area (Å²) in [6.07, 6.45) is 8.26. The maximum atomic E-state index is 3.89. The van der Waals surface area contributed by atoms with Crippen LogP contribution in [0.25, 0.3) is 0 Å². The summed E-state index contributed by atoms with van der Waals surface area (Å²) in [4.78, 5) is 0. The highest BCUT2D eigenvalue weighted by Gasteiger charge is 2.38. The Morgan fingerprint density at radius 3 is 2.11 bits per heavy atom. The van der Waals surface area contributed by atoms with Crippen molar-refractivity contribution in [2.45, 2.75) is 96.3 Å². The molecule has 1 atom stereocenters. The molecule has 0 amide bonds. The van der Waals surface area contributed by atoms with Crippen LogP contribution in [0, 0.1) is 5.92 Å². The Hall–Kier alpha value is -0.0800. The van der Waals surface area contributed by atoms with Gasteiger partial charge in [-0.1, -0.05) is 19.3 Å². The van der Waals surface area contributed by atoms with Crippen LogP contribution in [0.5, 0.6) is 0 Å². The molecule has 0 bridgehead atoms. The number of hydrogen-bond donors (Lipinski definition) is 2. The van der Waals surface area contributed by atoms with Gasteiger partial charge in [0.1, 0.15) is 0 Å². The van der Waals surface area contributed by atoms with Crippen LogP contribution >= 0.6 is 0 Å². The molecule has 1 saturated carbocycles. The van der Waals surface area contributed by atoms with E-state index in [0.29, 0.717) is 12.1 Å². The van der Waals surface area contributed by atoms with Gasteiger partial charge >= 0.3 is 0 Å². The van der Waals surface area contributed by atoms with Gasteiger partial charge in [0.2, 0.25) is 0 Å². The van der Waals surface area contributed by atoms with Crippen molar-refractivity contribution in [3.05, 3.63) is 0 Å². The first-order chi connectivity index (χ1) is 8.26. The van der Waals surface area contributed by atoms with Crippen molar-refractivity contribution in [1.82, 2.24) is 10.6 Å². The minimum atomic E-state index is 0.260. The van der Waals surface area contributed by atoms with Gasteiger partial charge in [0, 0.05) is 23.2 Å². The second-order valence-electron chi connectivity index (χ2n) is 8.10. The Balaban J connectivity index is 1.83. The zero-order chi connectivity index (χ0) is 13.4. The molecule has 106 valence electrons. The molecule has 1 heterocycles. The van der Waals surface area contributed by atoms with Crippen molar-refractivity contribution in [2.24, 2.45) is 5.92 Å². The maximum Gasteiger partial charge on any atom is 0.0144 e. The molecule has 1 aliphatic heterocycles. The average molecular weight is 252 g/mol. The van der Waals surface area contributed by atoms with Crippen LogP contribution in [0.15, 0.2) is 0 Å². The maximum absolute atomic E-state index is 3.89. The molecular weight excluding hydrogens is 220 g/mol. The Morgan fingerprint density at radius 1 is 1.11 bits per heavy atom. The minimum Gasteiger partial charge on any atom is -0.311 e. The monoisotopic (exact) mass is 252 g/mol. The standard InChI is InChI=1S/C16H32N2/c1-12(9-13-7-6-8-13)17-14-10-15(2,3)18-16(4,5)11-14/h12-14,17-18H,6-11H2,1-5H3. The van der Waals surface area contributed by atoms with Gasteiger partial charge in [-0.3, -0.25) is 0 Å². The van der Waals surface area contributed by atoms with Crippen LogP contribution < -0.4 is 10.6 Å². The van der Waals surface area contributed by atoms with Crippen molar-refractivity contribution in [3.8, 4) is 0 Å². The van der Waals surface area contributed by atoms with E-state index < -0.39 is 0 Å². The van der Waals surface area contributed by atoms with Crippen LogP contribution in [0.2, 0.25) is 0 Å². The zero-order valence-corrected chi connectivity index (χ0v) is 13.0. The molecule has 1 aliphatic carbocycles. The van der Waals surface area contributed by atoms with Crippen molar-refractivity contribution >= 4 is 0 Å². The first-order valence-electron chi connectivity index (χ1n) is 7.81. The molecule has 0 aromatic carbocycles. The van der Waals surface area contributed by atoms with E-state index in [2.05, 4.69) is 45.3 Å². The Labute approximate surface area is 113 Å². The quantitative estimate of drug-likeness (QED) is 0.800. The second-order valence-corrected chi connectivity index (χ2v) is 8.10. The highest BCUT2D eigenvalue weighted by molar-refractivity contribution is 5.00. The molecule has 2 rings (SSSR count). The predicted octanol–water partition coefficient (Wildman–Crippen LogP) is 3.46. The molecule has 1 saturated heterocycles. The molecule has 1 unspecified atom stereocenters. The Bertz CT molecular complexity index is 263. The summed E-state index contributed by atoms with van der Waals surface area (Å²) in [6, 6.07) is 1.36. The highest BCUT2D eigenvalue weighted by Crippen LogP contribution is 2.32. The average Bonchev–Trinajstić information content (AvgIpc) is 2.05. The predicted molar refractivity (Wildman–Crippen MR) is 78.9 cm³/mol. The highest BCUT2D eigenvalue weighted by atomic mass is 15.1. The third kappa shape index (κ3) is 3.96. The van der Waals surface area contributed by atoms with Crippen molar-refractivity contribution < 1.29 is 0 Å². The summed E-state index contributed by atoms with van der Waals surface area (Å²) in [7, 11) is 0. The minimum absolute atomic E-state index is 0.260. The van der Waals surface area contributed by atoms with E-state index in [9.17, 15) is 0 Å². The van der Waals surface area contributed by atoms with Gasteiger partial charge in [-0.15, -0.1) is 0 Å². The molecule has 0 radical (unpaired) electrons. The van der Waals surface area contributed by atoms with Crippen LogP contribution in [-0.2, 0) is 0 Å². The summed E-state index contributed by atoms with van der Waals surface area (Å²) < 4.78 is 0. The SMILES string of the molecule is CC(CC1CCC1)NC1CC(C)(C)NC(C)(C)C1. The summed E-state index contributed by atoms with van der Waals surface area (Å²) >= 11 is 0. The van der Waals surface area contributed by atoms with Gasteiger partial charge in [-0.25, -0.2) is 0 Å². The second kappa shape index (κ2) is 5.13. The van der Waals surface area contributed by atoms with Crippen LogP contribution in [-0.4, -0.2) is 23.2 Å². The fourth-order valence-electron chi connectivity index (χ4n) is 4.14. The molecule has 2 aliphatic rings. The lowest BCUT2D eigenvalue weighted by molar-refractivity contribution is 0.135. The molecule has 2 fully saturated rings. The van der Waals surface area contributed by atoms with E-state index in [0.717, 1.165) is 5.92 Å².